The fourth-order valence-electron chi connectivity index (χ4n) is 2.94. The quantitative estimate of drug-likeness (QED) is 0.269. The first kappa shape index (κ1) is 18.1. The predicted molar refractivity (Wildman–Crippen MR) is 70.5 cm³/mol. The molecule has 1 aromatic carbocycles. The van der Waals surface area contributed by atoms with Gasteiger partial charge in [0.1, 0.15) is 13.1 Å². The smallest absolute Gasteiger partial charge is 0.544 e. The zero-order valence-electron chi connectivity index (χ0n) is 12.3. The van der Waals surface area contributed by atoms with Gasteiger partial charge in [-0.1, -0.05) is 0 Å². The molecular formula is C14H18N2NaO4+. The third-order valence-corrected chi connectivity index (χ3v) is 3.89. The van der Waals surface area contributed by atoms with Gasteiger partial charge in [-0.3, -0.25) is 10.1 Å². The molecule has 1 aliphatic rings. The van der Waals surface area contributed by atoms with Gasteiger partial charge >= 0.3 is 29.6 Å². The number of hydrogen-bond acceptors (Lipinski definition) is 4. The Labute approximate surface area is 145 Å². The molecule has 0 atom stereocenters. The van der Waals surface area contributed by atoms with E-state index < -0.39 is 10.9 Å². The average Bonchev–Trinajstić information content (AvgIpc) is 2.39. The molecule has 0 bridgehead atoms. The van der Waals surface area contributed by atoms with Gasteiger partial charge in [0, 0.05) is 17.7 Å². The number of hydrogen-bond donors (Lipinski definition) is 0. The summed E-state index contributed by atoms with van der Waals surface area (Å²) in [6.45, 7) is 2.25. The fraction of sp³-hybridized carbons (Fsp3) is 0.500. The standard InChI is InChI=1S/C14H18N2O4.Na/c17-14(18)11-16(8-2-1-3-9-16)10-12-4-6-13(7-5-12)15(19)20;/h4-7H,1-3,8-11H2;/q;+1. The van der Waals surface area contributed by atoms with Gasteiger partial charge in [0.05, 0.1) is 24.0 Å². The van der Waals surface area contributed by atoms with Crippen molar-refractivity contribution >= 4 is 11.7 Å². The van der Waals surface area contributed by atoms with E-state index in [9.17, 15) is 20.0 Å². The molecule has 7 heteroatoms. The van der Waals surface area contributed by atoms with Crippen LogP contribution in [0.5, 0.6) is 0 Å². The number of quaternary nitrogens is 1. The molecule has 1 aliphatic heterocycles. The van der Waals surface area contributed by atoms with Crippen LogP contribution >= 0.6 is 0 Å². The van der Waals surface area contributed by atoms with Gasteiger partial charge in [0.15, 0.2) is 0 Å². The Kier molecular flexibility index (Phi) is 6.80. The summed E-state index contributed by atoms with van der Waals surface area (Å²) in [5, 5.41) is 21.6. The van der Waals surface area contributed by atoms with Crippen LogP contribution in [0.3, 0.4) is 0 Å². The van der Waals surface area contributed by atoms with Gasteiger partial charge in [-0.15, -0.1) is 0 Å². The Hall–Kier alpha value is -0.950. The van der Waals surface area contributed by atoms with Crippen molar-refractivity contribution in [2.75, 3.05) is 19.6 Å². The number of carboxylic acid groups (broad SMARTS) is 1. The fourth-order valence-corrected chi connectivity index (χ4v) is 2.94. The van der Waals surface area contributed by atoms with Crippen LogP contribution < -0.4 is 34.7 Å². The summed E-state index contributed by atoms with van der Waals surface area (Å²) < 4.78 is 0.486. The number of carbonyl (C=O) groups is 1. The zero-order valence-corrected chi connectivity index (χ0v) is 14.3. The normalized spacial score (nSPS) is 16.8. The number of carboxylic acids is 1. The number of piperidine rings is 1. The number of nitro benzene ring substituents is 1. The molecule has 0 N–H and O–H groups in total. The Morgan fingerprint density at radius 3 is 2.19 bits per heavy atom. The molecule has 0 aromatic heterocycles. The molecule has 1 heterocycles. The van der Waals surface area contributed by atoms with Crippen molar-refractivity contribution in [2.24, 2.45) is 0 Å². The molecule has 0 spiro atoms. The van der Waals surface area contributed by atoms with Gasteiger partial charge in [-0.2, -0.15) is 0 Å². The maximum Gasteiger partial charge on any atom is 1.00 e. The summed E-state index contributed by atoms with van der Waals surface area (Å²) in [7, 11) is 0. The minimum atomic E-state index is -1.03. The first-order valence-electron chi connectivity index (χ1n) is 6.79. The number of non-ortho nitro benzene ring substituents is 1. The molecule has 0 radical (unpaired) electrons. The minimum absolute atomic E-state index is 0. The van der Waals surface area contributed by atoms with Crippen molar-refractivity contribution in [1.82, 2.24) is 0 Å². The second kappa shape index (κ2) is 7.89. The van der Waals surface area contributed by atoms with Crippen LogP contribution in [-0.4, -0.2) is 35.0 Å². The molecule has 6 nitrogen and oxygen atoms in total. The third kappa shape index (κ3) is 5.07. The van der Waals surface area contributed by atoms with Gasteiger partial charge in [-0.05, 0) is 31.4 Å². The second-order valence-corrected chi connectivity index (χ2v) is 5.46. The molecule has 21 heavy (non-hydrogen) atoms. The van der Waals surface area contributed by atoms with Crippen molar-refractivity contribution in [1.29, 1.82) is 0 Å². The van der Waals surface area contributed by atoms with Crippen LogP contribution in [0.1, 0.15) is 24.8 Å². The minimum Gasteiger partial charge on any atom is -0.544 e. The number of rotatable bonds is 5. The van der Waals surface area contributed by atoms with Crippen molar-refractivity contribution in [2.45, 2.75) is 25.8 Å². The maximum atomic E-state index is 11.0. The number of likely N-dealkylation sites (tertiary alicyclic amines) is 1. The SMILES string of the molecule is O=C([O-])C[N+]1(Cc2ccc([N+](=O)[O-])cc2)CCCCC1.[Na+]. The van der Waals surface area contributed by atoms with Crippen molar-refractivity contribution in [3.05, 3.63) is 39.9 Å². The number of carbonyl (C=O) groups excluding carboxylic acids is 1. The molecule has 0 saturated carbocycles. The average molecular weight is 301 g/mol. The summed E-state index contributed by atoms with van der Waals surface area (Å²) in [5.74, 6) is -1.03. The summed E-state index contributed by atoms with van der Waals surface area (Å²) in [6, 6.07) is 6.35. The van der Waals surface area contributed by atoms with E-state index in [0.29, 0.717) is 11.0 Å². The number of aliphatic carboxylic acids is 1. The van der Waals surface area contributed by atoms with E-state index >= 15 is 0 Å². The molecule has 0 unspecified atom stereocenters. The molecule has 0 aliphatic carbocycles. The second-order valence-electron chi connectivity index (χ2n) is 5.46. The Bertz CT molecular complexity index is 498. The molecule has 1 saturated heterocycles. The van der Waals surface area contributed by atoms with E-state index in [4.69, 9.17) is 0 Å². The van der Waals surface area contributed by atoms with Gasteiger partial charge in [-0.25, -0.2) is 0 Å². The van der Waals surface area contributed by atoms with E-state index in [-0.39, 0.29) is 41.8 Å². The predicted octanol–water partition coefficient (Wildman–Crippen LogP) is -2.15. The Morgan fingerprint density at radius 2 is 1.71 bits per heavy atom. The van der Waals surface area contributed by atoms with Crippen LogP contribution in [0.2, 0.25) is 0 Å². The first-order chi connectivity index (χ1) is 9.51. The number of benzene rings is 1. The molecular weight excluding hydrogens is 283 g/mol. The maximum absolute atomic E-state index is 11.0. The largest absolute Gasteiger partial charge is 1.00 e. The van der Waals surface area contributed by atoms with Crippen LogP contribution in [0.25, 0.3) is 0 Å². The van der Waals surface area contributed by atoms with Crippen molar-refractivity contribution in [3.8, 4) is 0 Å². The molecule has 2 rings (SSSR count). The zero-order chi connectivity index (χ0) is 14.6. The van der Waals surface area contributed by atoms with Gasteiger partial charge < -0.3 is 14.4 Å². The Morgan fingerprint density at radius 1 is 1.14 bits per heavy atom. The summed E-state index contributed by atoms with van der Waals surface area (Å²) in [5.41, 5.74) is 0.984. The number of nitro groups is 1. The third-order valence-electron chi connectivity index (χ3n) is 3.89. The monoisotopic (exact) mass is 301 g/mol. The van der Waals surface area contributed by atoms with E-state index in [0.717, 1.165) is 37.9 Å². The van der Waals surface area contributed by atoms with Gasteiger partial charge in [0.2, 0.25) is 0 Å². The number of nitrogens with zero attached hydrogens (tertiary/aromatic N) is 2. The summed E-state index contributed by atoms with van der Waals surface area (Å²) in [6.07, 6.45) is 3.16. The van der Waals surface area contributed by atoms with Crippen LogP contribution in [0, 0.1) is 10.1 Å². The van der Waals surface area contributed by atoms with Crippen molar-refractivity contribution < 1.29 is 48.9 Å². The van der Waals surface area contributed by atoms with E-state index in [2.05, 4.69) is 0 Å². The van der Waals surface area contributed by atoms with Crippen LogP contribution in [0.15, 0.2) is 24.3 Å². The topological polar surface area (TPSA) is 83.3 Å². The molecule has 1 fully saturated rings. The molecule has 0 amide bonds. The van der Waals surface area contributed by atoms with E-state index in [1.165, 1.54) is 12.1 Å². The summed E-state index contributed by atoms with van der Waals surface area (Å²) >= 11 is 0. The van der Waals surface area contributed by atoms with E-state index in [1.54, 1.807) is 12.1 Å². The van der Waals surface area contributed by atoms with Crippen molar-refractivity contribution in [3.63, 3.8) is 0 Å². The van der Waals surface area contributed by atoms with E-state index in [1.807, 2.05) is 0 Å². The van der Waals surface area contributed by atoms with Crippen LogP contribution in [-0.2, 0) is 11.3 Å². The van der Waals surface area contributed by atoms with Crippen LogP contribution in [0.4, 0.5) is 5.69 Å². The Balaban J connectivity index is 0.00000220. The van der Waals surface area contributed by atoms with Gasteiger partial charge in [0.25, 0.3) is 5.69 Å². The summed E-state index contributed by atoms with van der Waals surface area (Å²) in [4.78, 5) is 21.2. The first-order valence-corrected chi connectivity index (χ1v) is 6.79. The molecule has 108 valence electrons. The molecule has 1 aromatic rings.